The number of rotatable bonds is 14. The van der Waals surface area contributed by atoms with E-state index in [1.54, 1.807) is 6.07 Å². The van der Waals surface area contributed by atoms with Crippen molar-refractivity contribution in [3.63, 3.8) is 0 Å². The fraction of sp³-hybridized carbons (Fsp3) is 0.714. The van der Waals surface area contributed by atoms with Gasteiger partial charge in [0.15, 0.2) is 0 Å². The van der Waals surface area contributed by atoms with E-state index in [2.05, 4.69) is 17.6 Å². The first-order chi connectivity index (χ1) is 13.0. The van der Waals surface area contributed by atoms with Crippen molar-refractivity contribution in [1.29, 1.82) is 0 Å². The first kappa shape index (κ1) is 26.4. The zero-order chi connectivity index (χ0) is 19.5. The summed E-state index contributed by atoms with van der Waals surface area (Å²) in [7, 11) is -4.40. The third-order valence-electron chi connectivity index (χ3n) is 5.29. The summed E-state index contributed by atoms with van der Waals surface area (Å²) in [5.74, 6) is 0. The predicted molar refractivity (Wildman–Crippen MR) is 111 cm³/mol. The van der Waals surface area contributed by atoms with Gasteiger partial charge in [0.05, 0.1) is 22.4 Å². The Kier molecular flexibility index (Phi) is 13.6. The minimum absolute atomic E-state index is 0. The average molecular weight is 435 g/mol. The summed E-state index contributed by atoms with van der Waals surface area (Å²) in [5.41, 5.74) is 1.57. The van der Waals surface area contributed by atoms with Crippen LogP contribution in [0, 0.1) is 0 Å². The summed E-state index contributed by atoms with van der Waals surface area (Å²) in [6, 6.07) is 4.45. The van der Waals surface area contributed by atoms with Gasteiger partial charge in [0.2, 0.25) is 0 Å². The molecule has 5 nitrogen and oxygen atoms in total. The SMILES string of the molecule is CCCCCCCCCCCCCCC1Nc2ccc(S(=O)(=O)[O-])cc2N1.[K+]. The molecule has 0 radical (unpaired) electrons. The monoisotopic (exact) mass is 434 g/mol. The third kappa shape index (κ3) is 9.91. The van der Waals surface area contributed by atoms with E-state index in [0.29, 0.717) is 5.69 Å². The Morgan fingerprint density at radius 2 is 1.32 bits per heavy atom. The fourth-order valence-corrected chi connectivity index (χ4v) is 4.17. The maximum absolute atomic E-state index is 11.1. The normalized spacial score (nSPS) is 15.4. The van der Waals surface area contributed by atoms with Crippen LogP contribution in [0.25, 0.3) is 0 Å². The predicted octanol–water partition coefficient (Wildman–Crippen LogP) is 2.85. The molecule has 0 saturated carbocycles. The number of nitrogens with one attached hydrogen (secondary N) is 2. The first-order valence-electron chi connectivity index (χ1n) is 10.6. The molecular weight excluding hydrogens is 399 g/mol. The zero-order valence-corrected chi connectivity index (χ0v) is 21.6. The molecule has 0 saturated heterocycles. The Morgan fingerprint density at radius 3 is 1.86 bits per heavy atom. The van der Waals surface area contributed by atoms with Crippen LogP contribution in [-0.2, 0) is 10.1 Å². The van der Waals surface area contributed by atoms with Gasteiger partial charge >= 0.3 is 51.4 Å². The van der Waals surface area contributed by atoms with E-state index < -0.39 is 10.1 Å². The molecule has 1 aliphatic rings. The molecule has 7 heteroatoms. The number of hydrogen-bond acceptors (Lipinski definition) is 5. The van der Waals surface area contributed by atoms with Gasteiger partial charge in [-0.05, 0) is 31.0 Å². The molecule has 1 atom stereocenters. The molecule has 1 aromatic rings. The van der Waals surface area contributed by atoms with E-state index >= 15 is 0 Å². The largest absolute Gasteiger partial charge is 1.00 e. The van der Waals surface area contributed by atoms with Gasteiger partial charge in [-0.1, -0.05) is 77.6 Å². The molecule has 0 amide bonds. The molecule has 0 bridgehead atoms. The van der Waals surface area contributed by atoms with E-state index in [-0.39, 0.29) is 62.4 Å². The van der Waals surface area contributed by atoms with Crippen molar-refractivity contribution < 1.29 is 64.4 Å². The Balaban J connectivity index is 0.00000392. The molecule has 2 N–H and O–H groups in total. The third-order valence-corrected chi connectivity index (χ3v) is 6.12. The minimum atomic E-state index is -4.40. The number of fused-ring (bicyclic) bond motifs is 1. The summed E-state index contributed by atoms with van der Waals surface area (Å²) < 4.78 is 33.3. The Hall–Kier alpha value is 0.366. The van der Waals surface area contributed by atoms with E-state index in [9.17, 15) is 13.0 Å². The van der Waals surface area contributed by atoms with E-state index in [1.165, 1.54) is 82.8 Å². The standard InChI is InChI=1S/C21H36N2O3S.K/c1-2-3-4-5-6-7-8-9-10-11-12-13-14-21-22-19-16-15-18(27(24,25)26)17-20(19)23-21;/h15-17,21-23H,2-14H2,1H3,(H,24,25,26);/q;+1/p-1. The zero-order valence-electron chi connectivity index (χ0n) is 17.6. The Morgan fingerprint density at radius 1 is 0.821 bits per heavy atom. The van der Waals surface area contributed by atoms with Gasteiger partial charge in [0, 0.05) is 0 Å². The number of anilines is 2. The fourth-order valence-electron chi connectivity index (χ4n) is 3.67. The molecule has 2 rings (SSSR count). The minimum Gasteiger partial charge on any atom is -0.744 e. The van der Waals surface area contributed by atoms with Crippen molar-refractivity contribution in [2.24, 2.45) is 0 Å². The van der Waals surface area contributed by atoms with Crippen LogP contribution < -0.4 is 62.0 Å². The summed E-state index contributed by atoms with van der Waals surface area (Å²) in [4.78, 5) is -0.179. The van der Waals surface area contributed by atoms with Gasteiger partial charge in [0.1, 0.15) is 10.1 Å². The molecule has 1 aliphatic heterocycles. The number of benzene rings is 1. The van der Waals surface area contributed by atoms with E-state index in [4.69, 9.17) is 0 Å². The van der Waals surface area contributed by atoms with E-state index in [0.717, 1.165) is 18.5 Å². The van der Waals surface area contributed by atoms with Crippen molar-refractivity contribution in [2.45, 2.75) is 101 Å². The second kappa shape index (κ2) is 14.4. The van der Waals surface area contributed by atoms with Crippen molar-refractivity contribution in [3.05, 3.63) is 18.2 Å². The van der Waals surface area contributed by atoms with Crippen LogP contribution in [0.1, 0.15) is 90.4 Å². The second-order valence-corrected chi connectivity index (χ2v) is 9.06. The summed E-state index contributed by atoms with van der Waals surface area (Å²) in [6.07, 6.45) is 17.1. The van der Waals surface area contributed by atoms with Gasteiger partial charge in [-0.15, -0.1) is 0 Å². The van der Waals surface area contributed by atoms with Crippen molar-refractivity contribution in [2.75, 3.05) is 10.6 Å². The van der Waals surface area contributed by atoms with E-state index in [1.807, 2.05) is 0 Å². The topological polar surface area (TPSA) is 81.3 Å². The van der Waals surface area contributed by atoms with Crippen LogP contribution in [0.2, 0.25) is 0 Å². The van der Waals surface area contributed by atoms with Crippen LogP contribution in [0.3, 0.4) is 0 Å². The number of hydrogen-bond donors (Lipinski definition) is 2. The summed E-state index contributed by atoms with van der Waals surface area (Å²) in [5, 5.41) is 6.62. The molecule has 1 unspecified atom stereocenters. The Labute approximate surface area is 214 Å². The quantitative estimate of drug-likeness (QED) is 0.267. The summed E-state index contributed by atoms with van der Waals surface area (Å²) in [6.45, 7) is 2.26. The molecule has 0 spiro atoms. The van der Waals surface area contributed by atoms with Crippen LogP contribution in [-0.4, -0.2) is 19.1 Å². The maximum Gasteiger partial charge on any atom is 1.00 e. The molecular formula is C21H35KN2O3S. The first-order valence-corrected chi connectivity index (χ1v) is 12.0. The van der Waals surface area contributed by atoms with Gasteiger partial charge in [-0.3, -0.25) is 0 Å². The van der Waals surface area contributed by atoms with Gasteiger partial charge in [-0.2, -0.15) is 0 Å². The van der Waals surface area contributed by atoms with Crippen LogP contribution >= 0.6 is 0 Å². The van der Waals surface area contributed by atoms with Crippen LogP contribution in [0.15, 0.2) is 23.1 Å². The Bertz CT molecular complexity index is 668. The van der Waals surface area contributed by atoms with Crippen LogP contribution in [0.4, 0.5) is 11.4 Å². The van der Waals surface area contributed by atoms with Crippen LogP contribution in [0.5, 0.6) is 0 Å². The molecule has 0 aliphatic carbocycles. The van der Waals surface area contributed by atoms with Gasteiger partial charge in [-0.25, -0.2) is 8.42 Å². The molecule has 0 fully saturated rings. The van der Waals surface area contributed by atoms with Crippen molar-refractivity contribution in [3.8, 4) is 0 Å². The maximum atomic E-state index is 11.1. The smallest absolute Gasteiger partial charge is 0.744 e. The molecule has 1 heterocycles. The number of unbranched alkanes of at least 4 members (excludes halogenated alkanes) is 11. The summed E-state index contributed by atoms with van der Waals surface area (Å²) >= 11 is 0. The molecule has 1 aromatic carbocycles. The molecule has 28 heavy (non-hydrogen) atoms. The van der Waals surface area contributed by atoms with Crippen molar-refractivity contribution >= 4 is 21.5 Å². The average Bonchev–Trinajstić information content (AvgIpc) is 3.04. The van der Waals surface area contributed by atoms with Gasteiger partial charge in [0.25, 0.3) is 0 Å². The second-order valence-electron chi connectivity index (χ2n) is 7.68. The molecule has 154 valence electrons. The molecule has 0 aromatic heterocycles. The van der Waals surface area contributed by atoms with Crippen molar-refractivity contribution in [1.82, 2.24) is 0 Å². The van der Waals surface area contributed by atoms with Gasteiger partial charge < -0.3 is 15.2 Å².